The molecule has 2 bridgehead atoms. The monoisotopic (exact) mass is 314 g/mol. The summed E-state index contributed by atoms with van der Waals surface area (Å²) in [4.78, 5) is 0. The van der Waals surface area contributed by atoms with Gasteiger partial charge in [-0.2, -0.15) is 0 Å². The van der Waals surface area contributed by atoms with Crippen molar-refractivity contribution in [3.63, 3.8) is 0 Å². The first-order valence-corrected chi connectivity index (χ1v) is 9.21. The van der Waals surface area contributed by atoms with Gasteiger partial charge in [0, 0.05) is 17.0 Å². The molecule has 124 valence electrons. The lowest BCUT2D eigenvalue weighted by Crippen LogP contribution is -2.59. The Morgan fingerprint density at radius 3 is 3.13 bits per heavy atom. The van der Waals surface area contributed by atoms with Crippen LogP contribution in [0.25, 0.3) is 0 Å². The first-order valence-electron chi connectivity index (χ1n) is 9.21. The van der Waals surface area contributed by atoms with Gasteiger partial charge in [-0.25, -0.2) is 0 Å². The zero-order valence-corrected chi connectivity index (χ0v) is 13.8. The van der Waals surface area contributed by atoms with Crippen LogP contribution in [0, 0.1) is 5.92 Å². The van der Waals surface area contributed by atoms with Crippen LogP contribution >= 0.6 is 0 Å². The van der Waals surface area contributed by atoms with E-state index in [1.54, 1.807) is 0 Å². The molecule has 0 amide bonds. The van der Waals surface area contributed by atoms with E-state index in [1.807, 2.05) is 0 Å². The summed E-state index contributed by atoms with van der Waals surface area (Å²) in [7, 11) is 0. The second kappa shape index (κ2) is 4.79. The highest BCUT2D eigenvalue weighted by molar-refractivity contribution is 5.73. The molecular weight excluding hydrogens is 288 g/mol. The lowest BCUT2D eigenvalue weighted by Gasteiger charge is -2.56. The summed E-state index contributed by atoms with van der Waals surface area (Å²) in [6.07, 6.45) is 7.50. The minimum absolute atomic E-state index is 0.244. The number of hydrogen-bond acceptors (Lipinski definition) is 4. The number of hydrogen-bond donors (Lipinski definition) is 3. The number of nitrogens with one attached hydrogen (secondary N) is 2. The molecule has 3 N–H and O–H groups in total. The second-order valence-electron chi connectivity index (χ2n) is 8.01. The molecule has 1 saturated heterocycles. The Kier molecular flexibility index (Phi) is 2.91. The summed E-state index contributed by atoms with van der Waals surface area (Å²) in [5.74, 6) is 2.03. The average molecular weight is 314 g/mol. The van der Waals surface area contributed by atoms with Gasteiger partial charge >= 0.3 is 0 Å². The van der Waals surface area contributed by atoms with Crippen molar-refractivity contribution >= 4 is 5.69 Å². The highest BCUT2D eigenvalue weighted by atomic mass is 16.5. The summed E-state index contributed by atoms with van der Waals surface area (Å²) in [6.45, 7) is 3.87. The molecule has 4 heteroatoms. The van der Waals surface area contributed by atoms with Gasteiger partial charge in [0.05, 0.1) is 6.04 Å². The molecule has 2 heterocycles. The van der Waals surface area contributed by atoms with E-state index in [2.05, 4.69) is 23.6 Å². The number of anilines is 1. The Morgan fingerprint density at radius 2 is 2.22 bits per heavy atom. The molecule has 1 aromatic carbocycles. The molecule has 0 spiro atoms. The van der Waals surface area contributed by atoms with E-state index in [4.69, 9.17) is 4.74 Å². The molecule has 2 fully saturated rings. The summed E-state index contributed by atoms with van der Waals surface area (Å²) < 4.78 is 6.11. The number of fused-ring (bicyclic) bond motifs is 3. The van der Waals surface area contributed by atoms with Gasteiger partial charge in [0.1, 0.15) is 23.8 Å². The van der Waals surface area contributed by atoms with Crippen LogP contribution in [0.3, 0.4) is 0 Å². The molecule has 1 aromatic rings. The minimum Gasteiger partial charge on any atom is -0.506 e. The van der Waals surface area contributed by atoms with Gasteiger partial charge in [-0.3, -0.25) is 0 Å². The third-order valence-electron chi connectivity index (χ3n) is 6.75. The maximum absolute atomic E-state index is 10.7. The van der Waals surface area contributed by atoms with E-state index in [9.17, 15) is 5.11 Å². The van der Waals surface area contributed by atoms with Crippen LogP contribution in [-0.4, -0.2) is 30.3 Å². The van der Waals surface area contributed by atoms with Crippen LogP contribution in [0.1, 0.15) is 50.2 Å². The molecule has 4 aliphatic rings. The van der Waals surface area contributed by atoms with Crippen LogP contribution in [0.2, 0.25) is 0 Å². The first kappa shape index (κ1) is 14.0. The number of piperidine rings is 1. The van der Waals surface area contributed by atoms with E-state index in [0.717, 1.165) is 30.3 Å². The third-order valence-corrected chi connectivity index (χ3v) is 6.75. The number of aromatic hydroxyl groups is 1. The Bertz CT molecular complexity index is 655. The van der Waals surface area contributed by atoms with Gasteiger partial charge in [0.2, 0.25) is 0 Å². The van der Waals surface area contributed by atoms with Crippen molar-refractivity contribution in [3.8, 4) is 11.5 Å². The van der Waals surface area contributed by atoms with Gasteiger partial charge < -0.3 is 20.5 Å². The maximum Gasteiger partial charge on any atom is 0.149 e. The zero-order chi connectivity index (χ0) is 15.6. The fraction of sp³-hybridized carbons (Fsp3) is 0.684. The van der Waals surface area contributed by atoms with Crippen LogP contribution in [-0.2, 0) is 11.8 Å². The molecule has 23 heavy (non-hydrogen) atoms. The summed E-state index contributed by atoms with van der Waals surface area (Å²) in [5.41, 5.74) is 3.83. The lowest BCUT2D eigenvalue weighted by molar-refractivity contribution is 0.0781. The van der Waals surface area contributed by atoms with Crippen LogP contribution in [0.4, 0.5) is 5.69 Å². The highest BCUT2D eigenvalue weighted by Gasteiger charge is 2.52. The topological polar surface area (TPSA) is 53.5 Å². The molecule has 4 unspecified atom stereocenters. The average Bonchev–Trinajstić information content (AvgIpc) is 2.56. The smallest absolute Gasteiger partial charge is 0.149 e. The second-order valence-corrected chi connectivity index (χ2v) is 8.01. The van der Waals surface area contributed by atoms with Gasteiger partial charge in [-0.05, 0) is 56.7 Å². The minimum atomic E-state index is 0.244. The van der Waals surface area contributed by atoms with E-state index >= 15 is 0 Å². The quantitative estimate of drug-likeness (QED) is 0.645. The van der Waals surface area contributed by atoms with E-state index in [0.29, 0.717) is 18.4 Å². The molecule has 1 saturated carbocycles. The van der Waals surface area contributed by atoms with E-state index in [1.165, 1.54) is 43.2 Å². The van der Waals surface area contributed by atoms with Crippen molar-refractivity contribution in [2.75, 3.05) is 18.5 Å². The maximum atomic E-state index is 10.7. The Labute approximate surface area is 137 Å². The van der Waals surface area contributed by atoms with Crippen LogP contribution in [0.15, 0.2) is 6.07 Å². The van der Waals surface area contributed by atoms with E-state index in [-0.39, 0.29) is 11.5 Å². The molecular formula is C19H26N2O2. The normalized spacial score (nSPS) is 37.7. The van der Waals surface area contributed by atoms with Crippen molar-refractivity contribution in [2.24, 2.45) is 5.92 Å². The van der Waals surface area contributed by atoms with Gasteiger partial charge in [-0.15, -0.1) is 0 Å². The van der Waals surface area contributed by atoms with Gasteiger partial charge in [0.15, 0.2) is 0 Å². The molecule has 4 atom stereocenters. The third kappa shape index (κ3) is 1.81. The fourth-order valence-electron chi connectivity index (χ4n) is 5.82. The SMILES string of the molecule is CC1COc2c3c(cc(O)c2N1)C12CCCCC1C(C3)NCC2. The Morgan fingerprint density at radius 1 is 1.30 bits per heavy atom. The van der Waals surface area contributed by atoms with Crippen LogP contribution < -0.4 is 15.4 Å². The Hall–Kier alpha value is -1.42. The Balaban J connectivity index is 1.72. The molecule has 4 nitrogen and oxygen atoms in total. The summed E-state index contributed by atoms with van der Waals surface area (Å²) in [6, 6.07) is 2.89. The van der Waals surface area contributed by atoms with Crippen molar-refractivity contribution in [1.29, 1.82) is 0 Å². The number of rotatable bonds is 0. The predicted octanol–water partition coefficient (Wildman–Crippen LogP) is 2.93. The van der Waals surface area contributed by atoms with Gasteiger partial charge in [-0.1, -0.05) is 12.8 Å². The van der Waals surface area contributed by atoms with Crippen molar-refractivity contribution in [3.05, 3.63) is 17.2 Å². The fourth-order valence-corrected chi connectivity index (χ4v) is 5.82. The summed E-state index contributed by atoms with van der Waals surface area (Å²) >= 11 is 0. The van der Waals surface area contributed by atoms with Gasteiger partial charge in [0.25, 0.3) is 0 Å². The number of phenols is 1. The zero-order valence-electron chi connectivity index (χ0n) is 13.8. The van der Waals surface area contributed by atoms with Crippen molar-refractivity contribution < 1.29 is 9.84 Å². The predicted molar refractivity (Wildman–Crippen MR) is 90.4 cm³/mol. The number of benzene rings is 1. The number of phenolic OH excluding ortho intramolecular Hbond substituents is 1. The lowest BCUT2D eigenvalue weighted by atomic mass is 9.52. The first-order chi connectivity index (χ1) is 11.2. The van der Waals surface area contributed by atoms with Crippen molar-refractivity contribution in [2.45, 2.75) is 62.9 Å². The van der Waals surface area contributed by atoms with E-state index < -0.39 is 0 Å². The number of ether oxygens (including phenoxy) is 1. The largest absolute Gasteiger partial charge is 0.506 e. The van der Waals surface area contributed by atoms with Crippen molar-refractivity contribution in [1.82, 2.24) is 5.32 Å². The molecule has 0 aromatic heterocycles. The molecule has 0 radical (unpaired) electrons. The standard InChI is InChI=1S/C19H26N2O2/c1-11-10-23-18-12-8-15-13-4-2-3-5-19(13,6-7-20-15)14(12)9-16(22)17(18)21-11/h9,11,13,15,20-22H,2-8,10H2,1H3. The highest BCUT2D eigenvalue weighted by Crippen LogP contribution is 2.57. The molecule has 5 rings (SSSR count). The van der Waals surface area contributed by atoms with Crippen LogP contribution in [0.5, 0.6) is 11.5 Å². The molecule has 2 aliphatic carbocycles. The summed E-state index contributed by atoms with van der Waals surface area (Å²) in [5, 5.41) is 17.9. The molecule has 2 aliphatic heterocycles.